The Hall–Kier alpha value is -2.89. The molecular weight excluding hydrogens is 330 g/mol. The summed E-state index contributed by atoms with van der Waals surface area (Å²) in [6.07, 6.45) is 4.38. The minimum atomic E-state index is -0.389. The van der Waals surface area contributed by atoms with Crippen molar-refractivity contribution in [3.8, 4) is 0 Å². The molecule has 0 spiro atoms. The summed E-state index contributed by atoms with van der Waals surface area (Å²) in [7, 11) is 1.67. The van der Waals surface area contributed by atoms with Crippen molar-refractivity contribution in [2.24, 2.45) is 0 Å². The van der Waals surface area contributed by atoms with E-state index >= 15 is 0 Å². The average molecular weight is 353 g/mol. The van der Waals surface area contributed by atoms with Crippen LogP contribution in [0, 0.1) is 10.1 Å². The number of nitrogens with zero attached hydrogens (tertiary/aromatic N) is 3. The first-order chi connectivity index (χ1) is 12.6. The fourth-order valence-corrected chi connectivity index (χ4v) is 3.34. The van der Waals surface area contributed by atoms with Crippen LogP contribution in [0.25, 0.3) is 0 Å². The Kier molecular flexibility index (Phi) is 5.51. The van der Waals surface area contributed by atoms with Gasteiger partial charge in [0.15, 0.2) is 0 Å². The van der Waals surface area contributed by atoms with E-state index in [1.807, 2.05) is 30.3 Å². The SMILES string of the molecule is CN(C(=O)c1ccc(N2CCCCCC2)c([N+](=O)[O-])c1)c1ccccc1. The predicted molar refractivity (Wildman–Crippen MR) is 103 cm³/mol. The second-order valence-corrected chi connectivity index (χ2v) is 6.56. The maximum Gasteiger partial charge on any atom is 0.293 e. The van der Waals surface area contributed by atoms with E-state index in [9.17, 15) is 14.9 Å². The van der Waals surface area contributed by atoms with Gasteiger partial charge < -0.3 is 9.80 Å². The van der Waals surface area contributed by atoms with Crippen molar-refractivity contribution in [2.75, 3.05) is 29.9 Å². The first kappa shape index (κ1) is 17.9. The van der Waals surface area contributed by atoms with Gasteiger partial charge in [-0.1, -0.05) is 31.0 Å². The zero-order chi connectivity index (χ0) is 18.5. The average Bonchev–Trinajstić information content (AvgIpc) is 2.96. The molecule has 136 valence electrons. The fourth-order valence-electron chi connectivity index (χ4n) is 3.34. The normalized spacial score (nSPS) is 14.6. The number of nitro benzene ring substituents is 1. The molecule has 0 radical (unpaired) electrons. The maximum absolute atomic E-state index is 12.8. The number of carbonyl (C=O) groups is 1. The number of hydrogen-bond donors (Lipinski definition) is 0. The predicted octanol–water partition coefficient (Wildman–Crippen LogP) is 4.25. The Morgan fingerprint density at radius 1 is 1.04 bits per heavy atom. The second kappa shape index (κ2) is 7.99. The molecule has 1 heterocycles. The van der Waals surface area contributed by atoms with Gasteiger partial charge in [0.25, 0.3) is 11.6 Å². The number of benzene rings is 2. The first-order valence-electron chi connectivity index (χ1n) is 8.94. The van der Waals surface area contributed by atoms with Gasteiger partial charge in [0, 0.05) is 37.5 Å². The monoisotopic (exact) mass is 353 g/mol. The molecule has 1 amide bonds. The summed E-state index contributed by atoms with van der Waals surface area (Å²) in [5.41, 5.74) is 1.67. The van der Waals surface area contributed by atoms with E-state index in [0.717, 1.165) is 44.5 Å². The van der Waals surface area contributed by atoms with Gasteiger partial charge in [-0.15, -0.1) is 0 Å². The molecule has 0 aliphatic carbocycles. The number of rotatable bonds is 4. The van der Waals surface area contributed by atoms with Crippen molar-refractivity contribution in [3.05, 3.63) is 64.2 Å². The highest BCUT2D eigenvalue weighted by Gasteiger charge is 2.24. The van der Waals surface area contributed by atoms with E-state index in [4.69, 9.17) is 0 Å². The molecule has 3 rings (SSSR count). The summed E-state index contributed by atoms with van der Waals surface area (Å²) in [5.74, 6) is -0.262. The maximum atomic E-state index is 12.8. The Morgan fingerprint density at radius 3 is 2.31 bits per heavy atom. The molecule has 6 heteroatoms. The Balaban J connectivity index is 1.90. The van der Waals surface area contributed by atoms with Crippen LogP contribution in [-0.4, -0.2) is 31.0 Å². The van der Waals surface area contributed by atoms with Crippen molar-refractivity contribution < 1.29 is 9.72 Å². The molecule has 2 aromatic rings. The number of nitro groups is 1. The lowest BCUT2D eigenvalue weighted by molar-refractivity contribution is -0.384. The van der Waals surface area contributed by atoms with Crippen LogP contribution in [0.15, 0.2) is 48.5 Å². The smallest absolute Gasteiger partial charge is 0.293 e. The first-order valence-corrected chi connectivity index (χ1v) is 8.94. The molecular formula is C20H23N3O3. The van der Waals surface area contributed by atoms with Crippen LogP contribution in [0.3, 0.4) is 0 Å². The zero-order valence-electron chi connectivity index (χ0n) is 14.9. The zero-order valence-corrected chi connectivity index (χ0v) is 14.9. The van der Waals surface area contributed by atoms with Gasteiger partial charge in [-0.3, -0.25) is 14.9 Å². The quantitative estimate of drug-likeness (QED) is 0.609. The van der Waals surface area contributed by atoms with Gasteiger partial charge in [-0.05, 0) is 37.1 Å². The minimum Gasteiger partial charge on any atom is -0.366 e. The van der Waals surface area contributed by atoms with Crippen molar-refractivity contribution in [2.45, 2.75) is 25.7 Å². The third-order valence-electron chi connectivity index (χ3n) is 4.81. The van der Waals surface area contributed by atoms with E-state index in [1.54, 1.807) is 19.2 Å². The molecule has 0 unspecified atom stereocenters. The highest BCUT2D eigenvalue weighted by Crippen LogP contribution is 2.31. The lowest BCUT2D eigenvalue weighted by atomic mass is 10.1. The van der Waals surface area contributed by atoms with Gasteiger partial charge in [0.1, 0.15) is 5.69 Å². The van der Waals surface area contributed by atoms with Crippen LogP contribution >= 0.6 is 0 Å². The summed E-state index contributed by atoms with van der Waals surface area (Å²) >= 11 is 0. The number of amides is 1. The van der Waals surface area contributed by atoms with E-state index in [2.05, 4.69) is 4.90 Å². The molecule has 6 nitrogen and oxygen atoms in total. The van der Waals surface area contributed by atoms with Gasteiger partial charge in [-0.25, -0.2) is 0 Å². The Labute approximate surface area is 153 Å². The molecule has 0 saturated carbocycles. The summed E-state index contributed by atoms with van der Waals surface area (Å²) in [5, 5.41) is 11.6. The van der Waals surface area contributed by atoms with E-state index in [1.165, 1.54) is 11.0 Å². The molecule has 0 N–H and O–H groups in total. The summed E-state index contributed by atoms with van der Waals surface area (Å²) < 4.78 is 0. The highest BCUT2D eigenvalue weighted by atomic mass is 16.6. The summed E-state index contributed by atoms with van der Waals surface area (Å²) in [6, 6.07) is 14.1. The van der Waals surface area contributed by atoms with Gasteiger partial charge in [0.2, 0.25) is 0 Å². The molecule has 1 saturated heterocycles. The van der Waals surface area contributed by atoms with Crippen molar-refractivity contribution in [1.82, 2.24) is 0 Å². The lowest BCUT2D eigenvalue weighted by Crippen LogP contribution is -2.27. The van der Waals surface area contributed by atoms with E-state index in [0.29, 0.717) is 11.3 Å². The number of carbonyl (C=O) groups excluding carboxylic acids is 1. The number of hydrogen-bond acceptors (Lipinski definition) is 4. The van der Waals surface area contributed by atoms with Crippen LogP contribution in [0.5, 0.6) is 0 Å². The molecule has 0 aromatic heterocycles. The van der Waals surface area contributed by atoms with Crippen LogP contribution in [-0.2, 0) is 0 Å². The molecule has 26 heavy (non-hydrogen) atoms. The topological polar surface area (TPSA) is 66.7 Å². The molecule has 0 atom stereocenters. The van der Waals surface area contributed by atoms with E-state index in [-0.39, 0.29) is 16.5 Å². The van der Waals surface area contributed by atoms with Crippen molar-refractivity contribution >= 4 is 23.0 Å². The minimum absolute atomic E-state index is 0.000730. The lowest BCUT2D eigenvalue weighted by Gasteiger charge is -2.23. The second-order valence-electron chi connectivity index (χ2n) is 6.56. The summed E-state index contributed by atoms with van der Waals surface area (Å²) in [4.78, 5) is 27.6. The third kappa shape index (κ3) is 3.85. The molecule has 2 aromatic carbocycles. The largest absolute Gasteiger partial charge is 0.366 e. The molecule has 1 aliphatic rings. The van der Waals surface area contributed by atoms with Crippen LogP contribution < -0.4 is 9.80 Å². The number of para-hydroxylation sites is 1. The highest BCUT2D eigenvalue weighted by molar-refractivity contribution is 6.06. The van der Waals surface area contributed by atoms with Crippen LogP contribution in [0.1, 0.15) is 36.0 Å². The third-order valence-corrected chi connectivity index (χ3v) is 4.81. The van der Waals surface area contributed by atoms with Crippen molar-refractivity contribution in [1.29, 1.82) is 0 Å². The van der Waals surface area contributed by atoms with Gasteiger partial charge in [0.05, 0.1) is 4.92 Å². The Morgan fingerprint density at radius 2 is 1.69 bits per heavy atom. The molecule has 1 aliphatic heterocycles. The van der Waals surface area contributed by atoms with Gasteiger partial charge in [-0.2, -0.15) is 0 Å². The van der Waals surface area contributed by atoms with Crippen LogP contribution in [0.2, 0.25) is 0 Å². The molecule has 0 bridgehead atoms. The van der Waals surface area contributed by atoms with Crippen LogP contribution in [0.4, 0.5) is 17.1 Å². The standard InChI is InChI=1S/C20H23N3O3/c1-21(17-9-5-4-6-10-17)20(24)16-11-12-18(19(15-16)23(25)26)22-13-7-2-3-8-14-22/h4-6,9-12,15H,2-3,7-8,13-14H2,1H3. The van der Waals surface area contributed by atoms with Gasteiger partial charge >= 0.3 is 0 Å². The fraction of sp³-hybridized carbons (Fsp3) is 0.350. The Bertz CT molecular complexity index is 784. The van der Waals surface area contributed by atoms with Crippen molar-refractivity contribution in [3.63, 3.8) is 0 Å². The summed E-state index contributed by atoms with van der Waals surface area (Å²) in [6.45, 7) is 1.64. The number of anilines is 2. The van der Waals surface area contributed by atoms with E-state index < -0.39 is 0 Å². The molecule has 1 fully saturated rings.